The molecule has 140 valence electrons. The van der Waals surface area contributed by atoms with Crippen molar-refractivity contribution in [2.75, 3.05) is 6.61 Å². The third kappa shape index (κ3) is 4.53. The third-order valence-corrected chi connectivity index (χ3v) is 4.23. The Morgan fingerprint density at radius 3 is 2.44 bits per heavy atom. The van der Waals surface area contributed by atoms with Gasteiger partial charge in [-0.15, -0.1) is 0 Å². The standard InChI is InChI=1S/C21H22N2O4/c1-3-26-21(25)20-13-19(22-23(20)15(2)24)17-9-11-18(12-10-17)27-14-16-7-5-4-6-8-16/h4-12,20H,3,13-14H2,1-2H3. The number of benzene rings is 2. The van der Waals surface area contributed by atoms with Crippen molar-refractivity contribution in [2.24, 2.45) is 5.10 Å². The van der Waals surface area contributed by atoms with Gasteiger partial charge in [-0.3, -0.25) is 4.79 Å². The lowest BCUT2D eigenvalue weighted by Crippen LogP contribution is -2.38. The van der Waals surface area contributed by atoms with E-state index in [-0.39, 0.29) is 12.5 Å². The molecule has 0 spiro atoms. The second-order valence-corrected chi connectivity index (χ2v) is 6.18. The van der Waals surface area contributed by atoms with Crippen molar-refractivity contribution in [2.45, 2.75) is 32.9 Å². The fourth-order valence-corrected chi connectivity index (χ4v) is 2.88. The Balaban J connectivity index is 1.68. The van der Waals surface area contributed by atoms with Gasteiger partial charge >= 0.3 is 5.97 Å². The summed E-state index contributed by atoms with van der Waals surface area (Å²) in [5.41, 5.74) is 2.62. The number of nitrogens with zero attached hydrogens (tertiary/aromatic N) is 2. The lowest BCUT2D eigenvalue weighted by atomic mass is 10.0. The quantitative estimate of drug-likeness (QED) is 0.737. The summed E-state index contributed by atoms with van der Waals surface area (Å²) in [6.45, 7) is 3.88. The highest BCUT2D eigenvalue weighted by molar-refractivity contribution is 6.06. The van der Waals surface area contributed by atoms with Crippen LogP contribution in [-0.2, 0) is 20.9 Å². The van der Waals surface area contributed by atoms with Gasteiger partial charge in [-0.05, 0) is 42.3 Å². The lowest BCUT2D eigenvalue weighted by molar-refractivity contribution is -0.153. The molecule has 6 nitrogen and oxygen atoms in total. The monoisotopic (exact) mass is 366 g/mol. The average molecular weight is 366 g/mol. The SMILES string of the molecule is CCOC(=O)C1CC(c2ccc(OCc3ccccc3)cc2)=NN1C(C)=O. The zero-order valence-electron chi connectivity index (χ0n) is 15.4. The zero-order valence-corrected chi connectivity index (χ0v) is 15.4. The van der Waals surface area contributed by atoms with Gasteiger partial charge in [0.25, 0.3) is 0 Å². The number of ether oxygens (including phenoxy) is 2. The highest BCUT2D eigenvalue weighted by atomic mass is 16.5. The van der Waals surface area contributed by atoms with Crippen LogP contribution < -0.4 is 4.74 Å². The van der Waals surface area contributed by atoms with Crippen LogP contribution in [-0.4, -0.2) is 35.2 Å². The van der Waals surface area contributed by atoms with Gasteiger partial charge in [-0.2, -0.15) is 5.10 Å². The third-order valence-electron chi connectivity index (χ3n) is 4.23. The molecule has 2 aromatic carbocycles. The first-order chi connectivity index (χ1) is 13.1. The summed E-state index contributed by atoms with van der Waals surface area (Å²) in [4.78, 5) is 23.9. The predicted octanol–water partition coefficient (Wildman–Crippen LogP) is 3.15. The fraction of sp³-hybridized carbons (Fsp3) is 0.286. The molecule has 0 saturated heterocycles. The molecule has 3 rings (SSSR count). The number of carbonyl (C=O) groups excluding carboxylic acids is 2. The van der Waals surface area contributed by atoms with Gasteiger partial charge in [0.15, 0.2) is 6.04 Å². The topological polar surface area (TPSA) is 68.2 Å². The summed E-state index contributed by atoms with van der Waals surface area (Å²) >= 11 is 0. The van der Waals surface area contributed by atoms with E-state index in [1.807, 2.05) is 54.6 Å². The Labute approximate surface area is 158 Å². The minimum absolute atomic E-state index is 0.268. The number of esters is 1. The highest BCUT2D eigenvalue weighted by Gasteiger charge is 2.36. The molecule has 1 heterocycles. The first-order valence-electron chi connectivity index (χ1n) is 8.89. The zero-order chi connectivity index (χ0) is 19.2. The van der Waals surface area contributed by atoms with Gasteiger partial charge in [0.1, 0.15) is 12.4 Å². The van der Waals surface area contributed by atoms with Crippen molar-refractivity contribution < 1.29 is 19.1 Å². The maximum absolute atomic E-state index is 12.1. The normalized spacial score (nSPS) is 16.0. The first kappa shape index (κ1) is 18.6. The van der Waals surface area contributed by atoms with E-state index in [1.54, 1.807) is 6.92 Å². The van der Waals surface area contributed by atoms with Crippen LogP contribution in [0.4, 0.5) is 0 Å². The van der Waals surface area contributed by atoms with Crippen LogP contribution in [0.25, 0.3) is 0 Å². The van der Waals surface area contributed by atoms with Gasteiger partial charge in [-0.25, -0.2) is 9.80 Å². The Hall–Kier alpha value is -3.15. The molecule has 0 aliphatic carbocycles. The summed E-state index contributed by atoms with van der Waals surface area (Å²) in [5, 5.41) is 5.53. The second-order valence-electron chi connectivity index (χ2n) is 6.18. The van der Waals surface area contributed by atoms with Gasteiger partial charge < -0.3 is 9.47 Å². The van der Waals surface area contributed by atoms with E-state index in [0.717, 1.165) is 16.9 Å². The molecule has 0 aromatic heterocycles. The van der Waals surface area contributed by atoms with Crippen molar-refractivity contribution >= 4 is 17.6 Å². The Bertz CT molecular complexity index is 831. The maximum Gasteiger partial charge on any atom is 0.331 e. The molecule has 0 saturated carbocycles. The van der Waals surface area contributed by atoms with Crippen LogP contribution >= 0.6 is 0 Å². The predicted molar refractivity (Wildman–Crippen MR) is 101 cm³/mol. The molecule has 2 aromatic rings. The minimum atomic E-state index is -0.702. The van der Waals surface area contributed by atoms with E-state index >= 15 is 0 Å². The molecule has 6 heteroatoms. The van der Waals surface area contributed by atoms with Crippen LogP contribution in [0.1, 0.15) is 31.4 Å². The van der Waals surface area contributed by atoms with Crippen molar-refractivity contribution in [1.29, 1.82) is 0 Å². The minimum Gasteiger partial charge on any atom is -0.489 e. The Kier molecular flexibility index (Phi) is 5.86. The van der Waals surface area contributed by atoms with Crippen LogP contribution in [0.15, 0.2) is 59.7 Å². The van der Waals surface area contributed by atoms with E-state index in [0.29, 0.717) is 18.7 Å². The summed E-state index contributed by atoms with van der Waals surface area (Å²) in [6, 6.07) is 16.7. The van der Waals surface area contributed by atoms with Crippen molar-refractivity contribution in [1.82, 2.24) is 5.01 Å². The van der Waals surface area contributed by atoms with Gasteiger partial charge in [0.2, 0.25) is 5.91 Å². The molecule has 1 unspecified atom stereocenters. The van der Waals surface area contributed by atoms with Crippen LogP contribution in [0, 0.1) is 0 Å². The molecule has 1 aliphatic heterocycles. The molecule has 1 amide bonds. The largest absolute Gasteiger partial charge is 0.489 e. The van der Waals surface area contributed by atoms with Crippen molar-refractivity contribution in [3.8, 4) is 5.75 Å². The van der Waals surface area contributed by atoms with Crippen molar-refractivity contribution in [3.05, 3.63) is 65.7 Å². The second kappa shape index (κ2) is 8.49. The Morgan fingerprint density at radius 2 is 1.81 bits per heavy atom. The molecule has 1 atom stereocenters. The Morgan fingerprint density at radius 1 is 1.11 bits per heavy atom. The van der Waals surface area contributed by atoms with E-state index in [1.165, 1.54) is 11.9 Å². The van der Waals surface area contributed by atoms with Gasteiger partial charge in [0.05, 0.1) is 12.3 Å². The summed E-state index contributed by atoms with van der Waals surface area (Å²) in [5.74, 6) is 0.0201. The molecule has 1 aliphatic rings. The number of hydrogen-bond acceptors (Lipinski definition) is 5. The van der Waals surface area contributed by atoms with Gasteiger partial charge in [-0.1, -0.05) is 30.3 Å². The smallest absolute Gasteiger partial charge is 0.331 e. The highest BCUT2D eigenvalue weighted by Crippen LogP contribution is 2.23. The molecule has 27 heavy (non-hydrogen) atoms. The number of carbonyl (C=O) groups is 2. The average Bonchev–Trinajstić information content (AvgIpc) is 3.14. The number of hydrazone groups is 1. The van der Waals surface area contributed by atoms with E-state index in [2.05, 4.69) is 5.10 Å². The van der Waals surface area contributed by atoms with E-state index < -0.39 is 12.0 Å². The van der Waals surface area contributed by atoms with Crippen LogP contribution in [0.5, 0.6) is 5.75 Å². The summed E-state index contributed by atoms with van der Waals surface area (Å²) in [6.07, 6.45) is 0.336. The molecule has 0 radical (unpaired) electrons. The van der Waals surface area contributed by atoms with Crippen LogP contribution in [0.3, 0.4) is 0 Å². The lowest BCUT2D eigenvalue weighted by Gasteiger charge is -2.17. The molecule has 0 bridgehead atoms. The molecular formula is C21H22N2O4. The summed E-state index contributed by atoms with van der Waals surface area (Å²) in [7, 11) is 0. The fourth-order valence-electron chi connectivity index (χ4n) is 2.88. The number of hydrogen-bond donors (Lipinski definition) is 0. The van der Waals surface area contributed by atoms with Crippen molar-refractivity contribution in [3.63, 3.8) is 0 Å². The number of amides is 1. The van der Waals surface area contributed by atoms with E-state index in [9.17, 15) is 9.59 Å². The van der Waals surface area contributed by atoms with Gasteiger partial charge in [0, 0.05) is 13.3 Å². The molecule has 0 fully saturated rings. The van der Waals surface area contributed by atoms with Crippen LogP contribution in [0.2, 0.25) is 0 Å². The summed E-state index contributed by atoms with van der Waals surface area (Å²) < 4.78 is 10.8. The number of rotatable bonds is 6. The molecule has 0 N–H and O–H groups in total. The molecular weight excluding hydrogens is 344 g/mol. The maximum atomic E-state index is 12.1. The van der Waals surface area contributed by atoms with E-state index in [4.69, 9.17) is 9.47 Å². The first-order valence-corrected chi connectivity index (χ1v) is 8.89.